The van der Waals surface area contributed by atoms with Gasteiger partial charge in [0, 0.05) is 12.7 Å². The third-order valence-corrected chi connectivity index (χ3v) is 2.85. The van der Waals surface area contributed by atoms with Crippen molar-refractivity contribution in [1.82, 2.24) is 4.98 Å². The Balaban J connectivity index is 1.85. The molecule has 0 aliphatic rings. The molecule has 2 aromatic rings. The maximum atomic E-state index is 11.0. The fraction of sp³-hybridized carbons (Fsp3) is 0.200. The summed E-state index contributed by atoms with van der Waals surface area (Å²) in [5.41, 5.74) is 2.12. The third kappa shape index (κ3) is 3.81. The smallest absolute Gasteiger partial charge is 0.337 e. The van der Waals surface area contributed by atoms with Crippen LogP contribution in [-0.4, -0.2) is 22.6 Å². The molecule has 0 unspecified atom stereocenters. The van der Waals surface area contributed by atoms with E-state index in [0.29, 0.717) is 5.69 Å². The van der Waals surface area contributed by atoms with Crippen molar-refractivity contribution in [2.24, 2.45) is 0 Å². The van der Waals surface area contributed by atoms with Gasteiger partial charge in [-0.05, 0) is 24.5 Å². The number of hydrogen-bond acceptors (Lipinski definition) is 3. The molecule has 2 rings (SSSR count). The molecular weight excluding hydrogens is 240 g/mol. The first kappa shape index (κ1) is 13.1. The molecule has 0 aliphatic carbocycles. The molecule has 0 fully saturated rings. The van der Waals surface area contributed by atoms with E-state index in [4.69, 9.17) is 5.11 Å². The summed E-state index contributed by atoms with van der Waals surface area (Å²) < 4.78 is 0. The summed E-state index contributed by atoms with van der Waals surface area (Å²) in [5.74, 6) is -0.937. The number of pyridine rings is 1. The predicted molar refractivity (Wildman–Crippen MR) is 74.4 cm³/mol. The van der Waals surface area contributed by atoms with Crippen LogP contribution >= 0.6 is 0 Å². The lowest BCUT2D eigenvalue weighted by Crippen LogP contribution is -2.08. The SMILES string of the molecule is O=C(O)c1ccncc1NCCCc1ccccc1. The molecule has 4 nitrogen and oxygen atoms in total. The lowest BCUT2D eigenvalue weighted by Gasteiger charge is -2.08. The van der Waals surface area contributed by atoms with Gasteiger partial charge in [-0.1, -0.05) is 30.3 Å². The number of carbonyl (C=O) groups is 1. The minimum atomic E-state index is -0.937. The number of nitrogens with zero attached hydrogens (tertiary/aromatic N) is 1. The van der Waals surface area contributed by atoms with Gasteiger partial charge in [0.2, 0.25) is 0 Å². The van der Waals surface area contributed by atoms with Crippen molar-refractivity contribution < 1.29 is 9.90 Å². The van der Waals surface area contributed by atoms with E-state index in [0.717, 1.165) is 19.4 Å². The minimum Gasteiger partial charge on any atom is -0.478 e. The van der Waals surface area contributed by atoms with Crippen LogP contribution in [0.5, 0.6) is 0 Å². The van der Waals surface area contributed by atoms with Gasteiger partial charge in [0.05, 0.1) is 17.4 Å². The Bertz CT molecular complexity index is 541. The average molecular weight is 256 g/mol. The van der Waals surface area contributed by atoms with Crippen LogP contribution in [-0.2, 0) is 6.42 Å². The molecule has 0 saturated heterocycles. The molecule has 0 amide bonds. The number of anilines is 1. The summed E-state index contributed by atoms with van der Waals surface area (Å²) in [6, 6.07) is 11.7. The van der Waals surface area contributed by atoms with Crippen molar-refractivity contribution in [3.05, 3.63) is 59.9 Å². The van der Waals surface area contributed by atoms with E-state index in [1.807, 2.05) is 18.2 Å². The van der Waals surface area contributed by atoms with Gasteiger partial charge in [-0.2, -0.15) is 0 Å². The minimum absolute atomic E-state index is 0.259. The lowest BCUT2D eigenvalue weighted by atomic mass is 10.1. The highest BCUT2D eigenvalue weighted by atomic mass is 16.4. The molecule has 1 aromatic heterocycles. The van der Waals surface area contributed by atoms with Crippen molar-refractivity contribution in [2.75, 3.05) is 11.9 Å². The van der Waals surface area contributed by atoms with Crippen LogP contribution in [0.15, 0.2) is 48.8 Å². The zero-order valence-electron chi connectivity index (χ0n) is 10.5. The van der Waals surface area contributed by atoms with Gasteiger partial charge in [-0.15, -0.1) is 0 Å². The van der Waals surface area contributed by atoms with Crippen molar-refractivity contribution in [3.8, 4) is 0 Å². The van der Waals surface area contributed by atoms with Crippen LogP contribution in [0.3, 0.4) is 0 Å². The normalized spacial score (nSPS) is 10.1. The van der Waals surface area contributed by atoms with Gasteiger partial charge in [0.25, 0.3) is 0 Å². The summed E-state index contributed by atoms with van der Waals surface area (Å²) in [4.78, 5) is 14.9. The molecule has 0 radical (unpaired) electrons. The number of nitrogens with one attached hydrogen (secondary N) is 1. The molecule has 0 saturated carbocycles. The van der Waals surface area contributed by atoms with Crippen molar-refractivity contribution in [1.29, 1.82) is 0 Å². The second-order valence-corrected chi connectivity index (χ2v) is 4.24. The van der Waals surface area contributed by atoms with Crippen molar-refractivity contribution >= 4 is 11.7 Å². The molecule has 0 atom stereocenters. The monoisotopic (exact) mass is 256 g/mol. The maximum absolute atomic E-state index is 11.0. The summed E-state index contributed by atoms with van der Waals surface area (Å²) in [5, 5.41) is 12.2. The largest absolute Gasteiger partial charge is 0.478 e. The Labute approximate surface area is 112 Å². The van der Waals surface area contributed by atoms with Gasteiger partial charge < -0.3 is 10.4 Å². The first-order valence-corrected chi connectivity index (χ1v) is 6.22. The number of carboxylic acids is 1. The van der Waals surface area contributed by atoms with E-state index in [1.54, 1.807) is 6.20 Å². The number of carboxylic acid groups (broad SMARTS) is 1. The zero-order chi connectivity index (χ0) is 13.5. The standard InChI is InChI=1S/C15H16N2O2/c18-15(19)13-8-10-16-11-14(13)17-9-4-7-12-5-2-1-3-6-12/h1-3,5-6,8,10-11,17H,4,7,9H2,(H,18,19). The maximum Gasteiger partial charge on any atom is 0.337 e. The molecule has 2 N–H and O–H groups in total. The Morgan fingerprint density at radius 1 is 1.21 bits per heavy atom. The average Bonchev–Trinajstić information content (AvgIpc) is 2.45. The molecule has 0 aliphatic heterocycles. The van der Waals surface area contributed by atoms with E-state index >= 15 is 0 Å². The second-order valence-electron chi connectivity index (χ2n) is 4.24. The van der Waals surface area contributed by atoms with Crippen LogP contribution in [0.25, 0.3) is 0 Å². The predicted octanol–water partition coefficient (Wildman–Crippen LogP) is 2.82. The quantitative estimate of drug-likeness (QED) is 0.780. The molecule has 4 heteroatoms. The molecule has 98 valence electrons. The Hall–Kier alpha value is -2.36. The fourth-order valence-corrected chi connectivity index (χ4v) is 1.88. The van der Waals surface area contributed by atoms with Gasteiger partial charge in [0.1, 0.15) is 0 Å². The van der Waals surface area contributed by atoms with Crippen LogP contribution in [0.4, 0.5) is 5.69 Å². The van der Waals surface area contributed by atoms with E-state index < -0.39 is 5.97 Å². The molecule has 0 spiro atoms. The van der Waals surface area contributed by atoms with E-state index in [-0.39, 0.29) is 5.56 Å². The molecule has 0 bridgehead atoms. The molecule has 19 heavy (non-hydrogen) atoms. The third-order valence-electron chi connectivity index (χ3n) is 2.85. The lowest BCUT2D eigenvalue weighted by molar-refractivity contribution is 0.0698. The molecular formula is C15H16N2O2. The first-order valence-electron chi connectivity index (χ1n) is 6.22. The second kappa shape index (κ2) is 6.54. The highest BCUT2D eigenvalue weighted by Gasteiger charge is 2.08. The summed E-state index contributed by atoms with van der Waals surface area (Å²) in [6.07, 6.45) is 4.94. The summed E-state index contributed by atoms with van der Waals surface area (Å²) in [6.45, 7) is 0.723. The van der Waals surface area contributed by atoms with Crippen LogP contribution in [0, 0.1) is 0 Å². The first-order chi connectivity index (χ1) is 9.27. The number of aromatic carboxylic acids is 1. The van der Waals surface area contributed by atoms with Gasteiger partial charge >= 0.3 is 5.97 Å². The van der Waals surface area contributed by atoms with E-state index in [1.165, 1.54) is 17.8 Å². The van der Waals surface area contributed by atoms with Crippen molar-refractivity contribution in [2.45, 2.75) is 12.8 Å². The van der Waals surface area contributed by atoms with Crippen molar-refractivity contribution in [3.63, 3.8) is 0 Å². The van der Waals surface area contributed by atoms with Crippen LogP contribution in [0.1, 0.15) is 22.3 Å². The summed E-state index contributed by atoms with van der Waals surface area (Å²) in [7, 11) is 0. The Morgan fingerprint density at radius 3 is 2.74 bits per heavy atom. The van der Waals surface area contributed by atoms with Gasteiger partial charge in [-0.25, -0.2) is 4.79 Å². The highest BCUT2D eigenvalue weighted by molar-refractivity contribution is 5.93. The molecule has 1 heterocycles. The number of benzene rings is 1. The number of hydrogen-bond donors (Lipinski definition) is 2. The number of aromatic nitrogens is 1. The molecule has 1 aromatic carbocycles. The number of aryl methyl sites for hydroxylation is 1. The Kier molecular flexibility index (Phi) is 4.50. The van der Waals surface area contributed by atoms with E-state index in [9.17, 15) is 4.79 Å². The number of rotatable bonds is 6. The highest BCUT2D eigenvalue weighted by Crippen LogP contribution is 2.13. The zero-order valence-corrected chi connectivity index (χ0v) is 10.5. The topological polar surface area (TPSA) is 62.2 Å². The van der Waals surface area contributed by atoms with E-state index in [2.05, 4.69) is 22.4 Å². The fourth-order valence-electron chi connectivity index (χ4n) is 1.88. The van der Waals surface area contributed by atoms with Gasteiger partial charge in [-0.3, -0.25) is 4.98 Å². The summed E-state index contributed by atoms with van der Waals surface area (Å²) >= 11 is 0. The van der Waals surface area contributed by atoms with Crippen LogP contribution in [0.2, 0.25) is 0 Å². The van der Waals surface area contributed by atoms with Crippen LogP contribution < -0.4 is 5.32 Å². The van der Waals surface area contributed by atoms with Gasteiger partial charge in [0.15, 0.2) is 0 Å². The Morgan fingerprint density at radius 2 is 2.00 bits per heavy atom.